The topological polar surface area (TPSA) is 66.5 Å². The molecule has 0 saturated heterocycles. The number of amides is 1. The Balaban J connectivity index is 2.34. The summed E-state index contributed by atoms with van der Waals surface area (Å²) in [5.41, 5.74) is 0. The van der Waals surface area contributed by atoms with Gasteiger partial charge in [-0.2, -0.15) is 0 Å². The quantitative estimate of drug-likeness (QED) is 0.700. The fourth-order valence-electron chi connectivity index (χ4n) is 1.23. The summed E-state index contributed by atoms with van der Waals surface area (Å²) in [6, 6.07) is -0.232. The van der Waals surface area contributed by atoms with E-state index in [-0.39, 0.29) is 24.2 Å². The molecule has 1 heterocycles. The van der Waals surface area contributed by atoms with Crippen LogP contribution in [-0.2, 0) is 14.6 Å². The normalized spacial score (nSPS) is 22.9. The van der Waals surface area contributed by atoms with Gasteiger partial charge in [-0.05, 0) is 6.92 Å². The average Bonchev–Trinajstić information content (AvgIpc) is 2.53. The van der Waals surface area contributed by atoms with Crippen molar-refractivity contribution in [1.29, 1.82) is 0 Å². The summed E-state index contributed by atoms with van der Waals surface area (Å²) in [6.07, 6.45) is 1.58. The Morgan fingerprint density at radius 1 is 1.60 bits per heavy atom. The highest BCUT2D eigenvalue weighted by Gasteiger charge is 2.21. The van der Waals surface area contributed by atoms with Crippen LogP contribution in [0.15, 0.2) is 11.5 Å². The maximum absolute atomic E-state index is 11.4. The number of hydrogen-bond donors (Lipinski definition) is 1. The molecule has 0 radical (unpaired) electrons. The standard InChI is InChI=1S/C9H16N2O3S/c1-3-11(2)9(12)6-10-8-4-5-15(13,14)7-8/h4-5,8,10H,3,6-7H2,1-2H3. The Bertz CT molecular complexity index is 362. The zero-order chi connectivity index (χ0) is 11.5. The van der Waals surface area contributed by atoms with Gasteiger partial charge in [0.25, 0.3) is 0 Å². The van der Waals surface area contributed by atoms with Gasteiger partial charge in [0.2, 0.25) is 5.91 Å². The van der Waals surface area contributed by atoms with Gasteiger partial charge in [0, 0.05) is 25.0 Å². The van der Waals surface area contributed by atoms with E-state index in [0.29, 0.717) is 6.54 Å². The number of nitrogens with one attached hydrogen (secondary N) is 1. The molecule has 0 aromatic rings. The minimum atomic E-state index is -3.04. The molecule has 1 N–H and O–H groups in total. The molecule has 0 saturated carbocycles. The Labute approximate surface area is 90.1 Å². The predicted molar refractivity (Wildman–Crippen MR) is 58.0 cm³/mol. The molecular formula is C9H16N2O3S. The maximum Gasteiger partial charge on any atom is 0.236 e. The van der Waals surface area contributed by atoms with Crippen molar-refractivity contribution >= 4 is 15.7 Å². The molecule has 0 bridgehead atoms. The second-order valence-electron chi connectivity index (χ2n) is 3.55. The highest BCUT2D eigenvalue weighted by atomic mass is 32.2. The SMILES string of the molecule is CCN(C)C(=O)CNC1C=CS(=O)(=O)C1. The van der Waals surface area contributed by atoms with Crippen LogP contribution in [0.1, 0.15) is 6.92 Å². The van der Waals surface area contributed by atoms with Crippen LogP contribution < -0.4 is 5.32 Å². The van der Waals surface area contributed by atoms with Crippen LogP contribution in [0.5, 0.6) is 0 Å². The van der Waals surface area contributed by atoms with E-state index in [9.17, 15) is 13.2 Å². The molecule has 0 aliphatic carbocycles. The van der Waals surface area contributed by atoms with Crippen molar-refractivity contribution in [3.05, 3.63) is 11.5 Å². The molecule has 6 heteroatoms. The summed E-state index contributed by atoms with van der Waals surface area (Å²) in [5.74, 6) is 0.0195. The van der Waals surface area contributed by atoms with Crippen LogP contribution in [0.4, 0.5) is 0 Å². The fourth-order valence-corrected chi connectivity index (χ4v) is 2.50. The highest BCUT2D eigenvalue weighted by molar-refractivity contribution is 7.94. The van der Waals surface area contributed by atoms with Crippen molar-refractivity contribution in [1.82, 2.24) is 10.2 Å². The summed E-state index contributed by atoms with van der Waals surface area (Å²) >= 11 is 0. The molecule has 86 valence electrons. The summed E-state index contributed by atoms with van der Waals surface area (Å²) in [5, 5.41) is 4.09. The van der Waals surface area contributed by atoms with Crippen molar-refractivity contribution in [2.75, 3.05) is 25.9 Å². The first kappa shape index (κ1) is 12.2. The highest BCUT2D eigenvalue weighted by Crippen LogP contribution is 2.07. The third kappa shape index (κ3) is 3.64. The molecule has 0 aromatic carbocycles. The molecule has 1 aliphatic rings. The fraction of sp³-hybridized carbons (Fsp3) is 0.667. The molecule has 1 unspecified atom stereocenters. The number of carbonyl (C=O) groups is 1. The van der Waals surface area contributed by atoms with Gasteiger partial charge in [0.15, 0.2) is 9.84 Å². The van der Waals surface area contributed by atoms with Crippen molar-refractivity contribution in [2.45, 2.75) is 13.0 Å². The Hall–Kier alpha value is -0.880. The first-order chi connectivity index (χ1) is 6.94. The smallest absolute Gasteiger partial charge is 0.236 e. The van der Waals surface area contributed by atoms with Crippen LogP contribution in [0.3, 0.4) is 0 Å². The second kappa shape index (κ2) is 4.76. The predicted octanol–water partition coefficient (Wildman–Crippen LogP) is -0.635. The van der Waals surface area contributed by atoms with E-state index in [4.69, 9.17) is 0 Å². The molecule has 1 atom stereocenters. The molecular weight excluding hydrogens is 216 g/mol. The molecule has 15 heavy (non-hydrogen) atoms. The number of sulfone groups is 1. The lowest BCUT2D eigenvalue weighted by molar-refractivity contribution is -0.128. The lowest BCUT2D eigenvalue weighted by Crippen LogP contribution is -2.40. The molecule has 1 aliphatic heterocycles. The lowest BCUT2D eigenvalue weighted by Gasteiger charge is -2.16. The van der Waals surface area contributed by atoms with Crippen LogP contribution >= 0.6 is 0 Å². The van der Waals surface area contributed by atoms with Crippen molar-refractivity contribution in [3.63, 3.8) is 0 Å². The Morgan fingerprint density at radius 3 is 2.73 bits per heavy atom. The minimum absolute atomic E-state index is 0.0322. The average molecular weight is 232 g/mol. The maximum atomic E-state index is 11.4. The van der Waals surface area contributed by atoms with E-state index in [1.165, 1.54) is 5.41 Å². The number of hydrogen-bond acceptors (Lipinski definition) is 4. The third-order valence-corrected chi connectivity index (χ3v) is 3.74. The number of nitrogens with zero attached hydrogens (tertiary/aromatic N) is 1. The van der Waals surface area contributed by atoms with E-state index < -0.39 is 9.84 Å². The lowest BCUT2D eigenvalue weighted by atomic mass is 10.3. The first-order valence-corrected chi connectivity index (χ1v) is 6.54. The molecule has 1 rings (SSSR count). The zero-order valence-electron chi connectivity index (χ0n) is 8.93. The van der Waals surface area contributed by atoms with E-state index in [1.807, 2.05) is 6.92 Å². The van der Waals surface area contributed by atoms with Gasteiger partial charge in [0.05, 0.1) is 12.3 Å². The summed E-state index contributed by atoms with van der Waals surface area (Å²) in [6.45, 7) is 2.71. The largest absolute Gasteiger partial charge is 0.345 e. The monoisotopic (exact) mass is 232 g/mol. The molecule has 1 amide bonds. The Kier molecular flexibility index (Phi) is 3.87. The van der Waals surface area contributed by atoms with E-state index in [1.54, 1.807) is 18.0 Å². The Morgan fingerprint density at radius 2 is 2.27 bits per heavy atom. The van der Waals surface area contributed by atoms with Gasteiger partial charge in [-0.25, -0.2) is 8.42 Å². The number of carbonyl (C=O) groups excluding carboxylic acids is 1. The van der Waals surface area contributed by atoms with Crippen LogP contribution in [-0.4, -0.2) is 51.2 Å². The van der Waals surface area contributed by atoms with Crippen LogP contribution in [0.2, 0.25) is 0 Å². The van der Waals surface area contributed by atoms with Crippen molar-refractivity contribution in [3.8, 4) is 0 Å². The van der Waals surface area contributed by atoms with Crippen LogP contribution in [0, 0.1) is 0 Å². The van der Waals surface area contributed by atoms with Gasteiger partial charge in [-0.1, -0.05) is 6.08 Å². The summed E-state index contributed by atoms with van der Waals surface area (Å²) in [4.78, 5) is 13.0. The van der Waals surface area contributed by atoms with Crippen molar-refractivity contribution in [2.24, 2.45) is 0 Å². The van der Waals surface area contributed by atoms with Gasteiger partial charge in [-0.3, -0.25) is 4.79 Å². The van der Waals surface area contributed by atoms with Gasteiger partial charge in [-0.15, -0.1) is 0 Å². The summed E-state index contributed by atoms with van der Waals surface area (Å²) in [7, 11) is -1.32. The second-order valence-corrected chi connectivity index (χ2v) is 5.48. The molecule has 5 nitrogen and oxygen atoms in total. The van der Waals surface area contributed by atoms with Gasteiger partial charge in [0.1, 0.15) is 0 Å². The number of rotatable bonds is 4. The summed E-state index contributed by atoms with van der Waals surface area (Å²) < 4.78 is 22.1. The van der Waals surface area contributed by atoms with E-state index >= 15 is 0 Å². The molecule has 0 aromatic heterocycles. The minimum Gasteiger partial charge on any atom is -0.345 e. The van der Waals surface area contributed by atoms with Crippen molar-refractivity contribution < 1.29 is 13.2 Å². The molecule has 0 fully saturated rings. The zero-order valence-corrected chi connectivity index (χ0v) is 9.75. The van der Waals surface area contributed by atoms with Gasteiger partial charge >= 0.3 is 0 Å². The van der Waals surface area contributed by atoms with E-state index in [2.05, 4.69) is 5.32 Å². The first-order valence-electron chi connectivity index (χ1n) is 4.83. The number of likely N-dealkylation sites (N-methyl/N-ethyl adjacent to an activating group) is 1. The third-order valence-electron chi connectivity index (χ3n) is 2.35. The van der Waals surface area contributed by atoms with Crippen LogP contribution in [0.25, 0.3) is 0 Å². The van der Waals surface area contributed by atoms with E-state index in [0.717, 1.165) is 0 Å². The molecule has 0 spiro atoms. The van der Waals surface area contributed by atoms with Gasteiger partial charge < -0.3 is 10.2 Å².